The third kappa shape index (κ3) is 2.76. The molecule has 0 bridgehead atoms. The van der Waals surface area contributed by atoms with Crippen molar-refractivity contribution in [2.75, 3.05) is 18.0 Å². The van der Waals surface area contributed by atoms with Crippen LogP contribution in [0.4, 0.5) is 5.69 Å². The zero-order valence-electron chi connectivity index (χ0n) is 15.7. The van der Waals surface area contributed by atoms with E-state index < -0.39 is 17.3 Å². The smallest absolute Gasteiger partial charge is 0.189 e. The van der Waals surface area contributed by atoms with Crippen molar-refractivity contribution in [3.8, 4) is 18.2 Å². The van der Waals surface area contributed by atoms with Gasteiger partial charge < -0.3 is 10.3 Å². The number of fused-ring (bicyclic) bond motifs is 1. The highest BCUT2D eigenvalue weighted by atomic mass is 15.1. The molecule has 1 fully saturated rings. The van der Waals surface area contributed by atoms with Crippen molar-refractivity contribution in [1.82, 2.24) is 4.98 Å². The number of hydrogen-bond donors (Lipinski definition) is 1. The van der Waals surface area contributed by atoms with Crippen LogP contribution in [-0.4, -0.2) is 23.8 Å². The first kappa shape index (κ1) is 18.4. The van der Waals surface area contributed by atoms with E-state index in [0.29, 0.717) is 13.1 Å². The molecule has 1 aromatic carbocycles. The van der Waals surface area contributed by atoms with Crippen molar-refractivity contribution in [2.24, 2.45) is 17.3 Å². The molecule has 1 saturated carbocycles. The molecule has 140 valence electrons. The SMILES string of the molecule is N#CC1C(=N)C(C#N)(C#N)[C@@H](c2cccnc2)[C@@H]2CN(c3ccccc3)CC=C12. The number of rotatable bonds is 2. The molecule has 6 nitrogen and oxygen atoms in total. The minimum atomic E-state index is -1.70. The van der Waals surface area contributed by atoms with E-state index in [1.807, 2.05) is 42.5 Å². The Morgan fingerprint density at radius 1 is 1.07 bits per heavy atom. The second-order valence-electron chi connectivity index (χ2n) is 7.32. The maximum atomic E-state index is 10.1. The van der Waals surface area contributed by atoms with Crippen LogP contribution in [-0.2, 0) is 0 Å². The minimum absolute atomic E-state index is 0.130. The lowest BCUT2D eigenvalue weighted by Gasteiger charge is -2.48. The third-order valence-electron chi connectivity index (χ3n) is 5.96. The molecule has 2 heterocycles. The highest BCUT2D eigenvalue weighted by Crippen LogP contribution is 2.53. The largest absolute Gasteiger partial charge is 0.367 e. The van der Waals surface area contributed by atoms with Gasteiger partial charge in [-0.25, -0.2) is 0 Å². The van der Waals surface area contributed by atoms with Gasteiger partial charge in [-0.05, 0) is 29.3 Å². The zero-order chi connectivity index (χ0) is 20.4. The highest BCUT2D eigenvalue weighted by molar-refractivity contribution is 6.00. The first-order chi connectivity index (χ1) is 14.2. The van der Waals surface area contributed by atoms with Crippen LogP contribution >= 0.6 is 0 Å². The summed E-state index contributed by atoms with van der Waals surface area (Å²) in [4.78, 5) is 6.37. The Morgan fingerprint density at radius 2 is 1.83 bits per heavy atom. The Bertz CT molecular complexity index is 1070. The van der Waals surface area contributed by atoms with Crippen LogP contribution in [0, 0.1) is 56.7 Å². The van der Waals surface area contributed by atoms with E-state index in [0.717, 1.165) is 16.8 Å². The fraction of sp³-hybridized carbons (Fsp3) is 0.261. The van der Waals surface area contributed by atoms with Crippen LogP contribution in [0.2, 0.25) is 0 Å². The second kappa shape index (κ2) is 7.23. The molecule has 0 amide bonds. The van der Waals surface area contributed by atoms with E-state index in [-0.39, 0.29) is 11.6 Å². The molecule has 29 heavy (non-hydrogen) atoms. The number of hydrogen-bond acceptors (Lipinski definition) is 6. The predicted molar refractivity (Wildman–Crippen MR) is 108 cm³/mol. The molecule has 3 atom stereocenters. The van der Waals surface area contributed by atoms with Gasteiger partial charge in [0.25, 0.3) is 0 Å². The molecule has 2 aromatic rings. The maximum absolute atomic E-state index is 10.1. The zero-order valence-corrected chi connectivity index (χ0v) is 15.7. The Hall–Kier alpha value is -3.95. The van der Waals surface area contributed by atoms with E-state index in [4.69, 9.17) is 5.41 Å². The van der Waals surface area contributed by atoms with Gasteiger partial charge in [0, 0.05) is 43.0 Å². The number of benzene rings is 1. The van der Waals surface area contributed by atoms with Gasteiger partial charge in [0.1, 0.15) is 5.92 Å². The lowest BCUT2D eigenvalue weighted by Crippen LogP contribution is -2.53. The number of nitriles is 3. The van der Waals surface area contributed by atoms with E-state index >= 15 is 0 Å². The van der Waals surface area contributed by atoms with Gasteiger partial charge in [-0.2, -0.15) is 15.8 Å². The maximum Gasteiger partial charge on any atom is 0.189 e. The number of anilines is 1. The van der Waals surface area contributed by atoms with E-state index in [9.17, 15) is 15.8 Å². The first-order valence-corrected chi connectivity index (χ1v) is 9.37. The molecule has 1 aromatic heterocycles. The molecule has 1 aliphatic heterocycles. The molecule has 1 unspecified atom stereocenters. The summed E-state index contributed by atoms with van der Waals surface area (Å²) in [6.07, 6.45) is 5.29. The molecular formula is C23H18N6. The number of nitrogens with zero attached hydrogens (tertiary/aromatic N) is 5. The number of pyridine rings is 1. The summed E-state index contributed by atoms with van der Waals surface area (Å²) in [6.45, 7) is 1.18. The summed E-state index contributed by atoms with van der Waals surface area (Å²) in [5.74, 6) is -1.67. The molecule has 1 aliphatic carbocycles. The summed E-state index contributed by atoms with van der Waals surface area (Å²) < 4.78 is 0. The van der Waals surface area contributed by atoms with Crippen molar-refractivity contribution in [3.63, 3.8) is 0 Å². The summed E-state index contributed by atoms with van der Waals surface area (Å²) in [6, 6.07) is 19.9. The van der Waals surface area contributed by atoms with Gasteiger partial charge >= 0.3 is 0 Å². The van der Waals surface area contributed by atoms with Gasteiger partial charge in [-0.1, -0.05) is 30.3 Å². The molecule has 6 heteroatoms. The predicted octanol–water partition coefficient (Wildman–Crippen LogP) is 3.43. The summed E-state index contributed by atoms with van der Waals surface area (Å²) in [7, 11) is 0. The van der Waals surface area contributed by atoms with Crippen LogP contribution in [0.5, 0.6) is 0 Å². The number of aromatic nitrogens is 1. The Kier molecular flexibility index (Phi) is 4.59. The van der Waals surface area contributed by atoms with Gasteiger partial charge in [0.2, 0.25) is 0 Å². The summed E-state index contributed by atoms with van der Waals surface area (Å²) >= 11 is 0. The topological polar surface area (TPSA) is 111 Å². The molecule has 0 spiro atoms. The van der Waals surface area contributed by atoms with E-state index in [2.05, 4.69) is 28.1 Å². The molecule has 4 rings (SSSR count). The highest BCUT2D eigenvalue weighted by Gasteiger charge is 2.57. The third-order valence-corrected chi connectivity index (χ3v) is 5.96. The quantitative estimate of drug-likeness (QED) is 0.805. The molecular weight excluding hydrogens is 360 g/mol. The Balaban J connectivity index is 1.89. The van der Waals surface area contributed by atoms with Crippen molar-refractivity contribution in [3.05, 3.63) is 72.1 Å². The van der Waals surface area contributed by atoms with E-state index in [1.54, 1.807) is 18.5 Å². The average Bonchev–Trinajstić information content (AvgIpc) is 2.79. The lowest BCUT2D eigenvalue weighted by molar-refractivity contribution is 0.345. The fourth-order valence-corrected chi connectivity index (χ4v) is 4.59. The molecule has 0 saturated heterocycles. The summed E-state index contributed by atoms with van der Waals surface area (Å²) in [5, 5.41) is 38.5. The van der Waals surface area contributed by atoms with Gasteiger partial charge in [-0.3, -0.25) is 4.98 Å². The van der Waals surface area contributed by atoms with Crippen LogP contribution in [0.25, 0.3) is 0 Å². The minimum Gasteiger partial charge on any atom is -0.367 e. The van der Waals surface area contributed by atoms with Crippen molar-refractivity contribution in [2.45, 2.75) is 5.92 Å². The normalized spacial score (nSPS) is 25.0. The molecule has 1 N–H and O–H groups in total. The Labute approximate surface area is 169 Å². The summed E-state index contributed by atoms with van der Waals surface area (Å²) in [5.41, 5.74) is 0.781. The lowest BCUT2D eigenvalue weighted by atomic mass is 9.54. The number of nitrogens with one attached hydrogen (secondary N) is 1. The van der Waals surface area contributed by atoms with Crippen molar-refractivity contribution in [1.29, 1.82) is 21.2 Å². The number of para-hydroxylation sites is 1. The van der Waals surface area contributed by atoms with Crippen molar-refractivity contribution < 1.29 is 0 Å². The fourth-order valence-electron chi connectivity index (χ4n) is 4.59. The van der Waals surface area contributed by atoms with Crippen LogP contribution in [0.15, 0.2) is 66.5 Å². The van der Waals surface area contributed by atoms with Gasteiger partial charge in [0.15, 0.2) is 5.41 Å². The monoisotopic (exact) mass is 378 g/mol. The van der Waals surface area contributed by atoms with Crippen LogP contribution in [0.1, 0.15) is 11.5 Å². The average molecular weight is 378 g/mol. The molecule has 0 radical (unpaired) electrons. The molecule has 2 aliphatic rings. The van der Waals surface area contributed by atoms with Crippen molar-refractivity contribution >= 4 is 11.4 Å². The van der Waals surface area contributed by atoms with E-state index in [1.165, 1.54) is 0 Å². The van der Waals surface area contributed by atoms with Crippen LogP contribution in [0.3, 0.4) is 0 Å². The second-order valence-corrected chi connectivity index (χ2v) is 7.32. The van der Waals surface area contributed by atoms with Crippen LogP contribution < -0.4 is 4.90 Å². The van der Waals surface area contributed by atoms with Gasteiger partial charge in [-0.15, -0.1) is 0 Å². The standard InChI is InChI=1S/C23H18N6/c24-11-19-18-8-10-29(17-6-2-1-3-7-17)13-20(18)21(16-5-4-9-28-12-16)23(14-25,15-26)22(19)27/h1-9,12,19-21,27H,10,13H2/t19?,20-,21+/m1/s1. The first-order valence-electron chi connectivity index (χ1n) is 9.37. The Morgan fingerprint density at radius 3 is 2.45 bits per heavy atom. The van der Waals surface area contributed by atoms with Gasteiger partial charge in [0.05, 0.1) is 23.9 Å².